The van der Waals surface area contributed by atoms with Crippen LogP contribution in [0.15, 0.2) is 97.1 Å². The fourth-order valence-electron chi connectivity index (χ4n) is 3.41. The zero-order valence-electron chi connectivity index (χ0n) is 18.4. The summed E-state index contributed by atoms with van der Waals surface area (Å²) in [6, 6.07) is 29.8. The van der Waals surface area contributed by atoms with Crippen molar-refractivity contribution < 1.29 is 19.3 Å². The minimum atomic E-state index is -1.78. The van der Waals surface area contributed by atoms with Crippen LogP contribution in [0.2, 0.25) is 0 Å². The highest BCUT2D eigenvalue weighted by molar-refractivity contribution is 5.42. The highest BCUT2D eigenvalue weighted by atomic mass is 16.9. The largest absolute Gasteiger partial charge is 0.507 e. The number of aromatic hydroxyl groups is 1. The number of phenols is 1. The lowest BCUT2D eigenvalue weighted by Crippen LogP contribution is -2.45. The van der Waals surface area contributed by atoms with Gasteiger partial charge in [0.25, 0.3) is 0 Å². The molecule has 4 aromatic carbocycles. The maximum atomic E-state index is 10.8. The fourth-order valence-corrected chi connectivity index (χ4v) is 3.41. The first-order valence-corrected chi connectivity index (χ1v) is 10.5. The van der Waals surface area contributed by atoms with Gasteiger partial charge in [-0.05, 0) is 67.8 Å². The Morgan fingerprint density at radius 3 is 1.22 bits per heavy atom. The molecule has 0 bridgehead atoms. The lowest BCUT2D eigenvalue weighted by Gasteiger charge is -2.35. The summed E-state index contributed by atoms with van der Waals surface area (Å²) in [6.45, 7) is 5.85. The van der Waals surface area contributed by atoms with Gasteiger partial charge in [0.05, 0.1) is 0 Å². The molecule has 0 atom stereocenters. The van der Waals surface area contributed by atoms with E-state index in [0.717, 1.165) is 16.7 Å². The Morgan fingerprint density at radius 1 is 0.500 bits per heavy atom. The third kappa shape index (κ3) is 4.40. The molecule has 0 aliphatic heterocycles. The summed E-state index contributed by atoms with van der Waals surface area (Å²) in [6.07, 6.45) is 0. The van der Waals surface area contributed by atoms with Crippen molar-refractivity contribution >= 4 is 0 Å². The molecule has 0 aliphatic carbocycles. The van der Waals surface area contributed by atoms with Crippen molar-refractivity contribution in [1.29, 1.82) is 0 Å². The molecule has 4 aromatic rings. The summed E-state index contributed by atoms with van der Waals surface area (Å²) in [5, 5.41) is 10.8. The average molecular weight is 427 g/mol. The molecule has 0 saturated carbocycles. The van der Waals surface area contributed by atoms with Gasteiger partial charge < -0.3 is 19.3 Å². The summed E-state index contributed by atoms with van der Waals surface area (Å²) in [4.78, 5) is 0. The van der Waals surface area contributed by atoms with E-state index >= 15 is 0 Å². The van der Waals surface area contributed by atoms with Gasteiger partial charge in [-0.25, -0.2) is 0 Å². The Kier molecular flexibility index (Phi) is 6.04. The Hall–Kier alpha value is -3.92. The number of para-hydroxylation sites is 4. The number of rotatable bonds is 7. The average Bonchev–Trinajstić information content (AvgIpc) is 2.79. The first-order chi connectivity index (χ1) is 15.5. The van der Waals surface area contributed by atoms with Crippen LogP contribution in [0.1, 0.15) is 22.3 Å². The number of ether oxygens (including phenoxy) is 3. The summed E-state index contributed by atoms with van der Waals surface area (Å²) in [5.74, 6) is -0.0348. The van der Waals surface area contributed by atoms with Crippen LogP contribution in [0.5, 0.6) is 23.0 Å². The number of hydrogen-bond donors (Lipinski definition) is 1. The Morgan fingerprint density at radius 2 is 0.844 bits per heavy atom. The molecule has 0 fully saturated rings. The van der Waals surface area contributed by atoms with Gasteiger partial charge in [0.1, 0.15) is 28.6 Å². The minimum absolute atomic E-state index is 0.00301. The molecular weight excluding hydrogens is 400 g/mol. The van der Waals surface area contributed by atoms with Gasteiger partial charge in [0.2, 0.25) is 0 Å². The summed E-state index contributed by atoms with van der Waals surface area (Å²) in [7, 11) is 0. The van der Waals surface area contributed by atoms with Crippen LogP contribution in [-0.2, 0) is 5.97 Å². The maximum absolute atomic E-state index is 10.8. The second-order valence-corrected chi connectivity index (χ2v) is 7.68. The van der Waals surface area contributed by atoms with E-state index in [9.17, 15) is 5.11 Å². The van der Waals surface area contributed by atoms with Crippen molar-refractivity contribution in [3.63, 3.8) is 0 Å². The van der Waals surface area contributed by atoms with Crippen molar-refractivity contribution in [2.24, 2.45) is 0 Å². The molecule has 0 unspecified atom stereocenters. The van der Waals surface area contributed by atoms with E-state index in [4.69, 9.17) is 14.2 Å². The first kappa shape index (κ1) is 21.3. The van der Waals surface area contributed by atoms with Crippen LogP contribution < -0.4 is 14.2 Å². The molecule has 0 heterocycles. The Balaban J connectivity index is 1.94. The zero-order chi connectivity index (χ0) is 22.6. The lowest BCUT2D eigenvalue weighted by molar-refractivity contribution is -0.265. The summed E-state index contributed by atoms with van der Waals surface area (Å²) >= 11 is 0. The SMILES string of the molecule is Cc1ccccc1OC(Oc1ccccc1C)(Oc1ccccc1C)c1ccccc1O. The van der Waals surface area contributed by atoms with Crippen LogP contribution in [0.4, 0.5) is 0 Å². The molecule has 0 spiro atoms. The molecule has 4 heteroatoms. The van der Waals surface area contributed by atoms with Gasteiger partial charge in [-0.1, -0.05) is 66.7 Å². The molecule has 0 amide bonds. The van der Waals surface area contributed by atoms with Crippen LogP contribution in [0, 0.1) is 20.8 Å². The molecule has 0 radical (unpaired) electrons. The monoisotopic (exact) mass is 426 g/mol. The van der Waals surface area contributed by atoms with E-state index in [1.165, 1.54) is 0 Å². The second kappa shape index (κ2) is 9.06. The first-order valence-electron chi connectivity index (χ1n) is 10.5. The summed E-state index contributed by atoms with van der Waals surface area (Å²) in [5.41, 5.74) is 3.09. The topological polar surface area (TPSA) is 47.9 Å². The molecule has 0 saturated heterocycles. The molecule has 4 nitrogen and oxygen atoms in total. The lowest BCUT2D eigenvalue weighted by atomic mass is 10.1. The van der Waals surface area contributed by atoms with Crippen molar-refractivity contribution in [3.8, 4) is 23.0 Å². The van der Waals surface area contributed by atoms with Crippen molar-refractivity contribution in [2.45, 2.75) is 26.7 Å². The molecule has 1 N–H and O–H groups in total. The molecule has 162 valence electrons. The van der Waals surface area contributed by atoms with Crippen LogP contribution in [0.25, 0.3) is 0 Å². The van der Waals surface area contributed by atoms with Crippen LogP contribution in [0.3, 0.4) is 0 Å². The second-order valence-electron chi connectivity index (χ2n) is 7.68. The van der Waals surface area contributed by atoms with Gasteiger partial charge in [0, 0.05) is 0 Å². The fraction of sp³-hybridized carbons (Fsp3) is 0.143. The zero-order valence-corrected chi connectivity index (χ0v) is 18.4. The number of aryl methyl sites for hydroxylation is 3. The van der Waals surface area contributed by atoms with Crippen molar-refractivity contribution in [3.05, 3.63) is 119 Å². The van der Waals surface area contributed by atoms with E-state index in [-0.39, 0.29) is 5.75 Å². The molecule has 4 rings (SSSR count). The number of hydrogen-bond acceptors (Lipinski definition) is 4. The van der Waals surface area contributed by atoms with Crippen LogP contribution in [-0.4, -0.2) is 5.11 Å². The van der Waals surface area contributed by atoms with Gasteiger partial charge >= 0.3 is 5.97 Å². The van der Waals surface area contributed by atoms with Crippen molar-refractivity contribution in [2.75, 3.05) is 0 Å². The van der Waals surface area contributed by atoms with Crippen LogP contribution >= 0.6 is 0 Å². The predicted octanol–water partition coefficient (Wildman–Crippen LogP) is 6.66. The standard InChI is InChI=1S/C28H26O4/c1-20-12-4-9-17-25(20)30-28(23-15-7-8-16-24(23)29,31-26-18-10-5-13-21(26)2)32-27-19-11-6-14-22(27)3/h4-19,29H,1-3H3. The third-order valence-electron chi connectivity index (χ3n) is 5.25. The third-order valence-corrected chi connectivity index (χ3v) is 5.25. The number of benzene rings is 4. The van der Waals surface area contributed by atoms with Crippen molar-refractivity contribution in [1.82, 2.24) is 0 Å². The smallest absolute Gasteiger partial charge is 0.451 e. The molecule has 0 aromatic heterocycles. The highest BCUT2D eigenvalue weighted by Gasteiger charge is 2.44. The van der Waals surface area contributed by atoms with Gasteiger partial charge in [0.15, 0.2) is 0 Å². The minimum Gasteiger partial charge on any atom is -0.507 e. The maximum Gasteiger partial charge on any atom is 0.451 e. The summed E-state index contributed by atoms with van der Waals surface area (Å²) < 4.78 is 19.5. The quantitative estimate of drug-likeness (QED) is 0.336. The molecular formula is C28H26O4. The van der Waals surface area contributed by atoms with E-state index in [1.54, 1.807) is 18.2 Å². The van der Waals surface area contributed by atoms with Gasteiger partial charge in [-0.3, -0.25) is 0 Å². The number of phenolic OH excluding ortho intramolecular Hbond substituents is 1. The van der Waals surface area contributed by atoms with E-state index < -0.39 is 5.97 Å². The Labute approximate surface area is 188 Å². The predicted molar refractivity (Wildman–Crippen MR) is 125 cm³/mol. The van der Waals surface area contributed by atoms with Gasteiger partial charge in [-0.15, -0.1) is 0 Å². The highest BCUT2D eigenvalue weighted by Crippen LogP contribution is 2.40. The Bertz CT molecular complexity index is 1100. The van der Waals surface area contributed by atoms with E-state index in [0.29, 0.717) is 22.8 Å². The van der Waals surface area contributed by atoms with E-state index in [1.807, 2.05) is 99.6 Å². The molecule has 0 aliphatic rings. The van der Waals surface area contributed by atoms with E-state index in [2.05, 4.69) is 0 Å². The molecule has 32 heavy (non-hydrogen) atoms. The van der Waals surface area contributed by atoms with Gasteiger partial charge in [-0.2, -0.15) is 0 Å². The normalized spacial score (nSPS) is 11.1.